The summed E-state index contributed by atoms with van der Waals surface area (Å²) >= 11 is 0. The molecule has 1 aromatic rings. The van der Waals surface area contributed by atoms with E-state index in [0.717, 1.165) is 12.8 Å². The minimum absolute atomic E-state index is 0.0654. The molecular formula is C15H22N2O5S. The number of methoxy groups -OCH3 is 2. The lowest BCUT2D eigenvalue weighted by molar-refractivity contribution is 0.0600. The third kappa shape index (κ3) is 3.49. The van der Waals surface area contributed by atoms with Crippen LogP contribution in [0.1, 0.15) is 23.2 Å². The molecule has 1 fully saturated rings. The number of carbonyl (C=O) groups is 1. The van der Waals surface area contributed by atoms with Crippen molar-refractivity contribution in [1.29, 1.82) is 0 Å². The van der Waals surface area contributed by atoms with Crippen molar-refractivity contribution in [2.75, 3.05) is 34.4 Å². The second kappa shape index (κ2) is 7.29. The van der Waals surface area contributed by atoms with Crippen LogP contribution in [0.15, 0.2) is 23.1 Å². The molecule has 1 atom stereocenters. The maximum atomic E-state index is 13.0. The highest BCUT2D eigenvalue weighted by molar-refractivity contribution is 7.89. The fourth-order valence-corrected chi connectivity index (χ4v) is 4.65. The van der Waals surface area contributed by atoms with Crippen LogP contribution in [0.3, 0.4) is 0 Å². The van der Waals surface area contributed by atoms with Crippen molar-refractivity contribution in [1.82, 2.24) is 9.62 Å². The molecule has 128 valence electrons. The Hall–Kier alpha value is -1.64. The summed E-state index contributed by atoms with van der Waals surface area (Å²) in [5, 5.41) is 3.02. The lowest BCUT2D eigenvalue weighted by atomic mass is 10.2. The van der Waals surface area contributed by atoms with Crippen molar-refractivity contribution in [3.63, 3.8) is 0 Å². The van der Waals surface area contributed by atoms with Crippen LogP contribution in [0, 0.1) is 0 Å². The molecular weight excluding hydrogens is 320 g/mol. The maximum absolute atomic E-state index is 13.0. The van der Waals surface area contributed by atoms with E-state index in [-0.39, 0.29) is 22.3 Å². The van der Waals surface area contributed by atoms with Gasteiger partial charge in [0.05, 0.1) is 19.8 Å². The van der Waals surface area contributed by atoms with Crippen LogP contribution < -0.4 is 10.1 Å². The van der Waals surface area contributed by atoms with Gasteiger partial charge in [-0.15, -0.1) is 0 Å². The van der Waals surface area contributed by atoms with Gasteiger partial charge in [-0.25, -0.2) is 13.2 Å². The predicted molar refractivity (Wildman–Crippen MR) is 85.2 cm³/mol. The van der Waals surface area contributed by atoms with Gasteiger partial charge in [0.15, 0.2) is 0 Å². The van der Waals surface area contributed by atoms with Crippen molar-refractivity contribution >= 4 is 16.0 Å². The van der Waals surface area contributed by atoms with Gasteiger partial charge < -0.3 is 14.8 Å². The van der Waals surface area contributed by atoms with Crippen LogP contribution in [0.2, 0.25) is 0 Å². The van der Waals surface area contributed by atoms with E-state index in [0.29, 0.717) is 13.1 Å². The molecule has 0 aromatic heterocycles. The Morgan fingerprint density at radius 1 is 1.39 bits per heavy atom. The lowest BCUT2D eigenvalue weighted by Gasteiger charge is -2.24. The number of benzene rings is 1. The molecule has 1 aliphatic heterocycles. The Balaban J connectivity index is 2.41. The molecule has 1 heterocycles. The zero-order valence-corrected chi connectivity index (χ0v) is 14.4. The normalized spacial score (nSPS) is 18.8. The van der Waals surface area contributed by atoms with Crippen molar-refractivity contribution in [2.24, 2.45) is 0 Å². The van der Waals surface area contributed by atoms with E-state index in [1.807, 2.05) is 0 Å². The molecule has 0 saturated carbocycles. The highest BCUT2D eigenvalue weighted by Crippen LogP contribution is 2.32. The zero-order chi connectivity index (χ0) is 17.0. The standard InChI is InChI=1S/C15H22N2O5S/c1-16-10-12-5-4-8-17(12)23(19,20)14-7-6-11(15(18)22-3)9-13(14)21-2/h6-7,9,12,16H,4-5,8,10H2,1-3H3. The van der Waals surface area contributed by atoms with Crippen LogP contribution in [0.25, 0.3) is 0 Å². The van der Waals surface area contributed by atoms with E-state index in [2.05, 4.69) is 10.1 Å². The van der Waals surface area contributed by atoms with Gasteiger partial charge in [0.25, 0.3) is 0 Å². The third-order valence-corrected chi connectivity index (χ3v) is 5.93. The molecule has 1 unspecified atom stereocenters. The van der Waals surface area contributed by atoms with Gasteiger partial charge in [0.2, 0.25) is 10.0 Å². The predicted octanol–water partition coefficient (Wildman–Crippen LogP) is 0.854. The first-order valence-corrected chi connectivity index (χ1v) is 8.82. The van der Waals surface area contributed by atoms with Crippen LogP contribution in [0.4, 0.5) is 0 Å². The summed E-state index contributed by atoms with van der Waals surface area (Å²) < 4.78 is 37.2. The number of ether oxygens (including phenoxy) is 2. The van der Waals surface area contributed by atoms with Gasteiger partial charge in [0, 0.05) is 19.1 Å². The second-order valence-electron chi connectivity index (χ2n) is 5.33. The number of nitrogens with one attached hydrogen (secondary N) is 1. The summed E-state index contributed by atoms with van der Waals surface area (Å²) in [5.74, 6) is -0.399. The number of hydrogen-bond donors (Lipinski definition) is 1. The van der Waals surface area contributed by atoms with Gasteiger partial charge in [-0.3, -0.25) is 0 Å². The first kappa shape index (κ1) is 17.7. The van der Waals surface area contributed by atoms with Crippen LogP contribution >= 0.6 is 0 Å². The largest absolute Gasteiger partial charge is 0.495 e. The van der Waals surface area contributed by atoms with E-state index in [9.17, 15) is 13.2 Å². The van der Waals surface area contributed by atoms with Crippen molar-refractivity contribution < 1.29 is 22.7 Å². The third-order valence-electron chi connectivity index (χ3n) is 3.93. The molecule has 0 bridgehead atoms. The van der Waals surface area contributed by atoms with E-state index < -0.39 is 16.0 Å². The van der Waals surface area contributed by atoms with E-state index >= 15 is 0 Å². The summed E-state index contributed by atoms with van der Waals surface area (Å²) in [7, 11) is 0.764. The van der Waals surface area contributed by atoms with Gasteiger partial charge in [-0.2, -0.15) is 4.31 Å². The number of likely N-dealkylation sites (N-methyl/N-ethyl adjacent to an activating group) is 1. The molecule has 0 spiro atoms. The zero-order valence-electron chi connectivity index (χ0n) is 13.5. The quantitative estimate of drug-likeness (QED) is 0.772. The molecule has 8 heteroatoms. The monoisotopic (exact) mass is 342 g/mol. The number of rotatable bonds is 6. The van der Waals surface area contributed by atoms with Crippen molar-refractivity contribution in [3.05, 3.63) is 23.8 Å². The SMILES string of the molecule is CNCC1CCCN1S(=O)(=O)c1ccc(C(=O)OC)cc1OC. The van der Waals surface area contributed by atoms with Crippen molar-refractivity contribution in [2.45, 2.75) is 23.8 Å². The number of hydrogen-bond acceptors (Lipinski definition) is 6. The minimum atomic E-state index is -3.69. The van der Waals surface area contributed by atoms with Gasteiger partial charge in [-0.05, 0) is 38.1 Å². The number of carbonyl (C=O) groups excluding carboxylic acids is 1. The van der Waals surface area contributed by atoms with E-state index in [1.165, 1.54) is 36.7 Å². The van der Waals surface area contributed by atoms with Crippen LogP contribution in [0.5, 0.6) is 5.75 Å². The Morgan fingerprint density at radius 3 is 2.74 bits per heavy atom. The number of esters is 1. The maximum Gasteiger partial charge on any atom is 0.337 e. The summed E-state index contributed by atoms with van der Waals surface area (Å²) in [6, 6.07) is 4.15. The fraction of sp³-hybridized carbons (Fsp3) is 0.533. The van der Waals surface area contributed by atoms with Crippen molar-refractivity contribution in [3.8, 4) is 5.75 Å². The van der Waals surface area contributed by atoms with Crippen LogP contribution in [-0.2, 0) is 14.8 Å². The van der Waals surface area contributed by atoms with E-state index in [1.54, 1.807) is 7.05 Å². The summed E-state index contributed by atoms with van der Waals surface area (Å²) in [6.07, 6.45) is 1.65. The number of nitrogens with zero attached hydrogens (tertiary/aromatic N) is 1. The molecule has 0 aliphatic carbocycles. The van der Waals surface area contributed by atoms with Gasteiger partial charge >= 0.3 is 5.97 Å². The smallest absolute Gasteiger partial charge is 0.337 e. The molecule has 23 heavy (non-hydrogen) atoms. The molecule has 1 aromatic carbocycles. The molecule has 1 saturated heterocycles. The summed E-state index contributed by atoms with van der Waals surface area (Å²) in [5.41, 5.74) is 0.247. The first-order valence-electron chi connectivity index (χ1n) is 7.38. The van der Waals surface area contributed by atoms with Gasteiger partial charge in [-0.1, -0.05) is 0 Å². The molecule has 2 rings (SSSR count). The first-order chi connectivity index (χ1) is 11.0. The average molecular weight is 342 g/mol. The average Bonchev–Trinajstić information content (AvgIpc) is 3.03. The highest BCUT2D eigenvalue weighted by Gasteiger charge is 2.36. The highest BCUT2D eigenvalue weighted by atomic mass is 32.2. The summed E-state index contributed by atoms with van der Waals surface area (Å²) in [6.45, 7) is 1.08. The van der Waals surface area contributed by atoms with Gasteiger partial charge in [0.1, 0.15) is 10.6 Å². The molecule has 1 N–H and O–H groups in total. The lowest BCUT2D eigenvalue weighted by Crippen LogP contribution is -2.40. The Morgan fingerprint density at radius 2 is 2.13 bits per heavy atom. The molecule has 7 nitrogen and oxygen atoms in total. The summed E-state index contributed by atoms with van der Waals surface area (Å²) in [4.78, 5) is 11.7. The Bertz CT molecular complexity index is 674. The molecule has 0 amide bonds. The number of sulfonamides is 1. The topological polar surface area (TPSA) is 84.9 Å². The Labute approximate surface area is 136 Å². The second-order valence-corrected chi connectivity index (χ2v) is 7.19. The molecule has 1 aliphatic rings. The van der Waals surface area contributed by atoms with E-state index in [4.69, 9.17) is 4.74 Å². The fourth-order valence-electron chi connectivity index (χ4n) is 2.82. The minimum Gasteiger partial charge on any atom is -0.495 e. The Kier molecular flexibility index (Phi) is 5.61. The van der Waals surface area contributed by atoms with Crippen LogP contribution in [-0.4, -0.2) is 59.1 Å². The molecule has 0 radical (unpaired) electrons.